The van der Waals surface area contributed by atoms with Crippen molar-refractivity contribution in [2.45, 2.75) is 33.1 Å². The summed E-state index contributed by atoms with van der Waals surface area (Å²) < 4.78 is 9.88. The average Bonchev–Trinajstić information content (AvgIpc) is 2.41. The number of ether oxygens (including phenoxy) is 2. The fourth-order valence-corrected chi connectivity index (χ4v) is 1.48. The van der Waals surface area contributed by atoms with Gasteiger partial charge in [-0.15, -0.1) is 0 Å². The maximum absolute atomic E-state index is 10.4. The zero-order valence-corrected chi connectivity index (χ0v) is 12.3. The second kappa shape index (κ2) is 13.2. The molecule has 0 spiro atoms. The van der Waals surface area contributed by atoms with Gasteiger partial charge in [-0.05, 0) is 37.7 Å². The predicted molar refractivity (Wildman–Crippen MR) is 78.9 cm³/mol. The van der Waals surface area contributed by atoms with E-state index in [2.05, 4.69) is 13.0 Å². The third-order valence-corrected chi connectivity index (χ3v) is 2.65. The number of hydrogen-bond donors (Lipinski definition) is 0. The lowest BCUT2D eigenvalue weighted by atomic mass is 10.0. The van der Waals surface area contributed by atoms with Crippen molar-refractivity contribution in [3.8, 4) is 0 Å². The first kappa shape index (κ1) is 17.8. The maximum Gasteiger partial charge on any atom is 0.146 e. The van der Waals surface area contributed by atoms with Crippen LogP contribution in [0.15, 0.2) is 36.0 Å². The Morgan fingerprint density at radius 3 is 2.68 bits per heavy atom. The molecular formula is C16H26O3. The van der Waals surface area contributed by atoms with Gasteiger partial charge in [-0.25, -0.2) is 0 Å². The first-order chi connectivity index (χ1) is 9.20. The molecule has 19 heavy (non-hydrogen) atoms. The number of carbonyl (C=O) groups is 1. The molecule has 0 fully saturated rings. The van der Waals surface area contributed by atoms with Gasteiger partial charge in [-0.1, -0.05) is 37.3 Å². The van der Waals surface area contributed by atoms with E-state index in [4.69, 9.17) is 9.47 Å². The van der Waals surface area contributed by atoms with Gasteiger partial charge in [0, 0.05) is 7.11 Å². The van der Waals surface area contributed by atoms with Crippen LogP contribution >= 0.6 is 0 Å². The molecule has 3 nitrogen and oxygen atoms in total. The largest absolute Gasteiger partial charge is 0.359 e. The molecule has 0 bridgehead atoms. The van der Waals surface area contributed by atoms with Crippen LogP contribution < -0.4 is 0 Å². The molecule has 0 aliphatic heterocycles. The SMILES string of the molecule is COCOC/C=C/C=C/C[C@H](C)CC/C=C(\C)C=O. The molecule has 3 heteroatoms. The molecule has 0 aromatic rings. The van der Waals surface area contributed by atoms with Crippen LogP contribution in [0.25, 0.3) is 0 Å². The van der Waals surface area contributed by atoms with E-state index in [1.54, 1.807) is 7.11 Å². The minimum Gasteiger partial charge on any atom is -0.359 e. The molecule has 1 atom stereocenters. The minimum atomic E-state index is 0.332. The Balaban J connectivity index is 3.60. The Labute approximate surface area is 117 Å². The Hall–Kier alpha value is -1.19. The second-order valence-electron chi connectivity index (χ2n) is 4.62. The van der Waals surface area contributed by atoms with E-state index in [1.165, 1.54) is 0 Å². The molecule has 0 N–H and O–H groups in total. The summed E-state index contributed by atoms with van der Waals surface area (Å²) in [7, 11) is 1.61. The van der Waals surface area contributed by atoms with Crippen molar-refractivity contribution in [2.24, 2.45) is 5.92 Å². The fourth-order valence-electron chi connectivity index (χ4n) is 1.48. The number of rotatable bonds is 11. The zero-order chi connectivity index (χ0) is 14.3. The molecule has 108 valence electrons. The third-order valence-electron chi connectivity index (χ3n) is 2.65. The molecule has 0 amide bonds. The van der Waals surface area contributed by atoms with Gasteiger partial charge in [0.1, 0.15) is 13.1 Å². The highest BCUT2D eigenvalue weighted by Crippen LogP contribution is 2.12. The van der Waals surface area contributed by atoms with Crippen LogP contribution in [0.3, 0.4) is 0 Å². The van der Waals surface area contributed by atoms with Crippen LogP contribution in [-0.2, 0) is 14.3 Å². The summed E-state index contributed by atoms with van der Waals surface area (Å²) in [6.45, 7) is 4.97. The topological polar surface area (TPSA) is 35.5 Å². The van der Waals surface area contributed by atoms with Crippen LogP contribution in [0.2, 0.25) is 0 Å². The molecule has 0 aromatic heterocycles. The van der Waals surface area contributed by atoms with Crippen LogP contribution in [0.4, 0.5) is 0 Å². The first-order valence-corrected chi connectivity index (χ1v) is 6.71. The highest BCUT2D eigenvalue weighted by Gasteiger charge is 1.97. The smallest absolute Gasteiger partial charge is 0.146 e. The van der Waals surface area contributed by atoms with E-state index < -0.39 is 0 Å². The van der Waals surface area contributed by atoms with Gasteiger partial charge < -0.3 is 9.47 Å². The van der Waals surface area contributed by atoms with Gasteiger partial charge in [-0.2, -0.15) is 0 Å². The number of methoxy groups -OCH3 is 1. The van der Waals surface area contributed by atoms with E-state index >= 15 is 0 Å². The molecule has 0 saturated carbocycles. The molecule has 0 unspecified atom stereocenters. The van der Waals surface area contributed by atoms with Crippen molar-refractivity contribution in [1.82, 2.24) is 0 Å². The average molecular weight is 266 g/mol. The number of aldehydes is 1. The van der Waals surface area contributed by atoms with Crippen LogP contribution in [0.5, 0.6) is 0 Å². The summed E-state index contributed by atoms with van der Waals surface area (Å²) >= 11 is 0. The Bertz CT molecular complexity index is 303. The standard InChI is InChI=1S/C16H26O3/c1-15(10-8-11-16(2)13-17)9-6-4-5-7-12-19-14-18-3/h4-7,11,13,15H,8-10,12,14H2,1-3H3/b6-4+,7-5+,16-11+/t15-/m0/s1. The minimum absolute atomic E-state index is 0.332. The Kier molecular flexibility index (Phi) is 12.4. The van der Waals surface area contributed by atoms with Crippen molar-refractivity contribution >= 4 is 6.29 Å². The highest BCUT2D eigenvalue weighted by molar-refractivity contribution is 5.71. The van der Waals surface area contributed by atoms with Crippen molar-refractivity contribution in [2.75, 3.05) is 20.5 Å². The van der Waals surface area contributed by atoms with Gasteiger partial charge in [0.05, 0.1) is 6.61 Å². The van der Waals surface area contributed by atoms with E-state index in [1.807, 2.05) is 31.2 Å². The third kappa shape index (κ3) is 13.0. The van der Waals surface area contributed by atoms with Gasteiger partial charge in [0.25, 0.3) is 0 Å². The predicted octanol–water partition coefficient (Wildman–Crippen LogP) is 3.67. The lowest BCUT2D eigenvalue weighted by Crippen LogP contribution is -1.95. The van der Waals surface area contributed by atoms with Gasteiger partial charge in [-0.3, -0.25) is 4.79 Å². The summed E-state index contributed by atoms with van der Waals surface area (Å²) in [5.41, 5.74) is 0.821. The molecule has 0 rings (SSSR count). The lowest BCUT2D eigenvalue weighted by Gasteiger charge is -2.05. The van der Waals surface area contributed by atoms with Crippen molar-refractivity contribution in [1.29, 1.82) is 0 Å². The second-order valence-corrected chi connectivity index (χ2v) is 4.62. The van der Waals surface area contributed by atoms with E-state index in [-0.39, 0.29) is 0 Å². The van der Waals surface area contributed by atoms with E-state index in [0.29, 0.717) is 19.3 Å². The highest BCUT2D eigenvalue weighted by atomic mass is 16.7. The Morgan fingerprint density at radius 1 is 1.26 bits per heavy atom. The number of carbonyl (C=O) groups excluding carboxylic acids is 1. The monoisotopic (exact) mass is 266 g/mol. The number of hydrogen-bond acceptors (Lipinski definition) is 3. The van der Waals surface area contributed by atoms with E-state index in [9.17, 15) is 4.79 Å². The van der Waals surface area contributed by atoms with Crippen molar-refractivity contribution in [3.05, 3.63) is 36.0 Å². The fraction of sp³-hybridized carbons (Fsp3) is 0.562. The molecule has 0 heterocycles. The molecule has 0 saturated heterocycles. The van der Waals surface area contributed by atoms with Crippen molar-refractivity contribution in [3.63, 3.8) is 0 Å². The maximum atomic E-state index is 10.4. The molecular weight excluding hydrogens is 240 g/mol. The first-order valence-electron chi connectivity index (χ1n) is 6.71. The summed E-state index contributed by atoms with van der Waals surface area (Å²) in [5.74, 6) is 0.630. The van der Waals surface area contributed by atoms with Crippen LogP contribution in [-0.4, -0.2) is 26.8 Å². The normalized spacial score (nSPS) is 14.4. The summed E-state index contributed by atoms with van der Waals surface area (Å²) in [5, 5.41) is 0. The summed E-state index contributed by atoms with van der Waals surface area (Å²) in [6.07, 6.45) is 14.2. The molecule has 0 radical (unpaired) electrons. The summed E-state index contributed by atoms with van der Waals surface area (Å²) in [6, 6.07) is 0. The van der Waals surface area contributed by atoms with E-state index in [0.717, 1.165) is 31.1 Å². The lowest BCUT2D eigenvalue weighted by molar-refractivity contribution is -0.104. The van der Waals surface area contributed by atoms with Crippen LogP contribution in [0, 0.1) is 5.92 Å². The van der Waals surface area contributed by atoms with Gasteiger partial charge >= 0.3 is 0 Å². The quantitative estimate of drug-likeness (QED) is 0.188. The van der Waals surface area contributed by atoms with Crippen molar-refractivity contribution < 1.29 is 14.3 Å². The Morgan fingerprint density at radius 2 is 2.00 bits per heavy atom. The molecule has 0 aromatic carbocycles. The number of allylic oxidation sites excluding steroid dienone is 5. The zero-order valence-electron chi connectivity index (χ0n) is 12.3. The molecule has 0 aliphatic rings. The summed E-state index contributed by atoms with van der Waals surface area (Å²) in [4.78, 5) is 10.4. The van der Waals surface area contributed by atoms with Gasteiger partial charge in [0.15, 0.2) is 0 Å². The molecule has 0 aliphatic carbocycles. The van der Waals surface area contributed by atoms with Gasteiger partial charge in [0.2, 0.25) is 0 Å². The van der Waals surface area contributed by atoms with Crippen LogP contribution in [0.1, 0.15) is 33.1 Å².